The van der Waals surface area contributed by atoms with E-state index in [9.17, 15) is 0 Å². The predicted octanol–water partition coefficient (Wildman–Crippen LogP) is 2.66. The number of nitrogen functional groups attached to an aromatic ring is 1. The summed E-state index contributed by atoms with van der Waals surface area (Å²) < 4.78 is 5.41. The first-order valence-corrected chi connectivity index (χ1v) is 6.41. The van der Waals surface area contributed by atoms with Crippen molar-refractivity contribution in [2.75, 3.05) is 30.8 Å². The first kappa shape index (κ1) is 10.8. The second-order valence-corrected chi connectivity index (χ2v) is 5.49. The van der Waals surface area contributed by atoms with Crippen molar-refractivity contribution in [1.82, 2.24) is 0 Å². The molecule has 1 aromatic carbocycles. The summed E-state index contributed by atoms with van der Waals surface area (Å²) in [5, 5.41) is 0. The van der Waals surface area contributed by atoms with E-state index in [0.29, 0.717) is 5.41 Å². The van der Waals surface area contributed by atoms with Crippen LogP contribution in [0.2, 0.25) is 0 Å². The Morgan fingerprint density at radius 2 is 1.94 bits per heavy atom. The van der Waals surface area contributed by atoms with Crippen molar-refractivity contribution in [2.45, 2.75) is 25.7 Å². The molecule has 0 aromatic heterocycles. The molecular weight excluding hydrogens is 212 g/mol. The van der Waals surface area contributed by atoms with Crippen molar-refractivity contribution in [2.24, 2.45) is 5.41 Å². The number of ether oxygens (including phenoxy) is 1. The largest absolute Gasteiger partial charge is 0.495 e. The zero-order valence-electron chi connectivity index (χ0n) is 10.4. The van der Waals surface area contributed by atoms with Gasteiger partial charge in [-0.2, -0.15) is 0 Å². The average Bonchev–Trinajstić information content (AvgIpc) is 2.76. The van der Waals surface area contributed by atoms with Crippen molar-refractivity contribution in [3.8, 4) is 5.75 Å². The number of nitrogens with zero attached hydrogens (tertiary/aromatic N) is 1. The molecule has 1 aliphatic carbocycles. The number of anilines is 2. The van der Waals surface area contributed by atoms with Gasteiger partial charge in [0.1, 0.15) is 5.75 Å². The van der Waals surface area contributed by atoms with E-state index in [1.165, 1.54) is 44.5 Å². The first-order chi connectivity index (χ1) is 8.22. The van der Waals surface area contributed by atoms with Crippen LogP contribution in [-0.4, -0.2) is 20.2 Å². The standard InChI is InChI=1S/C14H20N2O/c1-17-13-8-11(15)4-5-12(13)16-9-14(10-16)6-2-3-7-14/h4-5,8H,2-3,6-7,9-10,15H2,1H3. The van der Waals surface area contributed by atoms with E-state index >= 15 is 0 Å². The lowest BCUT2D eigenvalue weighted by atomic mass is 9.78. The minimum absolute atomic E-state index is 0.617. The lowest BCUT2D eigenvalue weighted by molar-refractivity contribution is 0.220. The summed E-state index contributed by atoms with van der Waals surface area (Å²) in [6.07, 6.45) is 5.63. The third-order valence-electron chi connectivity index (χ3n) is 4.26. The van der Waals surface area contributed by atoms with Gasteiger partial charge in [0.25, 0.3) is 0 Å². The molecule has 3 rings (SSSR count). The minimum Gasteiger partial charge on any atom is -0.495 e. The zero-order chi connectivity index (χ0) is 11.9. The highest BCUT2D eigenvalue weighted by molar-refractivity contribution is 5.65. The highest BCUT2D eigenvalue weighted by atomic mass is 16.5. The lowest BCUT2D eigenvalue weighted by Gasteiger charge is -2.50. The van der Waals surface area contributed by atoms with Gasteiger partial charge in [0, 0.05) is 30.3 Å². The van der Waals surface area contributed by atoms with Crippen LogP contribution in [0.25, 0.3) is 0 Å². The Morgan fingerprint density at radius 3 is 2.59 bits per heavy atom. The molecule has 1 spiro atoms. The molecule has 92 valence electrons. The molecule has 1 saturated carbocycles. The van der Waals surface area contributed by atoms with Crippen LogP contribution in [-0.2, 0) is 0 Å². The molecular formula is C14H20N2O. The summed E-state index contributed by atoms with van der Waals surface area (Å²) in [5.74, 6) is 0.901. The van der Waals surface area contributed by atoms with Gasteiger partial charge in [0.15, 0.2) is 0 Å². The summed E-state index contributed by atoms with van der Waals surface area (Å²) in [4.78, 5) is 2.42. The molecule has 0 unspecified atom stereocenters. The Kier molecular flexibility index (Phi) is 2.42. The summed E-state index contributed by atoms with van der Waals surface area (Å²) >= 11 is 0. The summed E-state index contributed by atoms with van der Waals surface area (Å²) in [6.45, 7) is 2.38. The van der Waals surface area contributed by atoms with Gasteiger partial charge in [0.2, 0.25) is 0 Å². The third-order valence-corrected chi connectivity index (χ3v) is 4.26. The van der Waals surface area contributed by atoms with Crippen molar-refractivity contribution < 1.29 is 4.74 Å². The topological polar surface area (TPSA) is 38.5 Å². The van der Waals surface area contributed by atoms with Crippen LogP contribution in [0.1, 0.15) is 25.7 Å². The van der Waals surface area contributed by atoms with Gasteiger partial charge in [-0.05, 0) is 25.0 Å². The highest BCUT2D eigenvalue weighted by Crippen LogP contribution is 2.48. The van der Waals surface area contributed by atoms with Gasteiger partial charge in [0.05, 0.1) is 12.8 Å². The van der Waals surface area contributed by atoms with Crippen molar-refractivity contribution >= 4 is 11.4 Å². The van der Waals surface area contributed by atoms with E-state index in [0.717, 1.165) is 11.4 Å². The van der Waals surface area contributed by atoms with E-state index < -0.39 is 0 Å². The molecule has 3 nitrogen and oxygen atoms in total. The summed E-state index contributed by atoms with van der Waals surface area (Å²) in [5.41, 5.74) is 8.36. The van der Waals surface area contributed by atoms with Gasteiger partial charge in [-0.25, -0.2) is 0 Å². The zero-order valence-corrected chi connectivity index (χ0v) is 10.4. The van der Waals surface area contributed by atoms with Crippen LogP contribution in [0.3, 0.4) is 0 Å². The molecule has 1 aliphatic heterocycles. The number of rotatable bonds is 2. The second kappa shape index (κ2) is 3.83. The van der Waals surface area contributed by atoms with Crippen LogP contribution in [0.4, 0.5) is 11.4 Å². The van der Waals surface area contributed by atoms with E-state index in [1.54, 1.807) is 7.11 Å². The van der Waals surface area contributed by atoms with Crippen molar-refractivity contribution in [1.29, 1.82) is 0 Å². The maximum Gasteiger partial charge on any atom is 0.144 e. The quantitative estimate of drug-likeness (QED) is 0.797. The molecule has 17 heavy (non-hydrogen) atoms. The van der Waals surface area contributed by atoms with Gasteiger partial charge < -0.3 is 15.4 Å². The van der Waals surface area contributed by atoms with E-state index in [-0.39, 0.29) is 0 Å². The molecule has 0 radical (unpaired) electrons. The smallest absolute Gasteiger partial charge is 0.144 e. The van der Waals surface area contributed by atoms with Gasteiger partial charge in [-0.3, -0.25) is 0 Å². The Morgan fingerprint density at radius 1 is 1.24 bits per heavy atom. The highest BCUT2D eigenvalue weighted by Gasteiger charge is 2.45. The van der Waals surface area contributed by atoms with Crippen LogP contribution in [0.15, 0.2) is 18.2 Å². The molecule has 0 atom stereocenters. The molecule has 0 amide bonds. The molecule has 2 N–H and O–H groups in total. The maximum atomic E-state index is 5.78. The normalized spacial score (nSPS) is 21.6. The molecule has 1 saturated heterocycles. The van der Waals surface area contributed by atoms with Crippen molar-refractivity contribution in [3.63, 3.8) is 0 Å². The fourth-order valence-corrected chi connectivity index (χ4v) is 3.33. The molecule has 1 heterocycles. The fraction of sp³-hybridized carbons (Fsp3) is 0.571. The van der Waals surface area contributed by atoms with Crippen LogP contribution in [0, 0.1) is 5.41 Å². The Hall–Kier alpha value is -1.38. The average molecular weight is 232 g/mol. The second-order valence-electron chi connectivity index (χ2n) is 5.49. The Balaban J connectivity index is 1.78. The van der Waals surface area contributed by atoms with E-state index in [4.69, 9.17) is 10.5 Å². The Labute approximate surface area is 103 Å². The van der Waals surface area contributed by atoms with Crippen molar-refractivity contribution in [3.05, 3.63) is 18.2 Å². The summed E-state index contributed by atoms with van der Waals surface area (Å²) in [6, 6.07) is 5.95. The maximum absolute atomic E-state index is 5.78. The Bertz CT molecular complexity index is 416. The minimum atomic E-state index is 0.617. The lowest BCUT2D eigenvalue weighted by Crippen LogP contribution is -2.55. The van der Waals surface area contributed by atoms with E-state index in [2.05, 4.69) is 11.0 Å². The van der Waals surface area contributed by atoms with Gasteiger partial charge >= 0.3 is 0 Å². The van der Waals surface area contributed by atoms with Crippen LogP contribution >= 0.6 is 0 Å². The number of benzene rings is 1. The monoisotopic (exact) mass is 232 g/mol. The molecule has 0 bridgehead atoms. The first-order valence-electron chi connectivity index (χ1n) is 6.41. The predicted molar refractivity (Wildman–Crippen MR) is 70.5 cm³/mol. The molecule has 2 fully saturated rings. The molecule has 1 aromatic rings. The van der Waals surface area contributed by atoms with Gasteiger partial charge in [-0.1, -0.05) is 12.8 Å². The SMILES string of the molecule is COc1cc(N)ccc1N1CC2(CCCC2)C1. The third kappa shape index (κ3) is 1.74. The number of hydrogen-bond acceptors (Lipinski definition) is 3. The molecule has 2 aliphatic rings. The number of methoxy groups -OCH3 is 1. The molecule has 3 heteroatoms. The van der Waals surface area contributed by atoms with Crippen LogP contribution < -0.4 is 15.4 Å². The van der Waals surface area contributed by atoms with Gasteiger partial charge in [-0.15, -0.1) is 0 Å². The van der Waals surface area contributed by atoms with Crippen LogP contribution in [0.5, 0.6) is 5.75 Å². The van der Waals surface area contributed by atoms with E-state index in [1.807, 2.05) is 12.1 Å². The number of hydrogen-bond donors (Lipinski definition) is 1. The summed E-state index contributed by atoms with van der Waals surface area (Å²) in [7, 11) is 1.71. The fourth-order valence-electron chi connectivity index (χ4n) is 3.33. The number of nitrogens with two attached hydrogens (primary N) is 1.